The SMILES string of the molecule is CC(=O)CCCCc1nc(N)co1. The number of carbonyl (C=O) groups is 1. The molecule has 0 fully saturated rings. The van der Waals surface area contributed by atoms with Crippen LogP contribution in [0, 0.1) is 0 Å². The van der Waals surface area contributed by atoms with Gasteiger partial charge in [0.15, 0.2) is 11.7 Å². The van der Waals surface area contributed by atoms with Crippen LogP contribution in [0.1, 0.15) is 32.1 Å². The molecule has 0 spiro atoms. The topological polar surface area (TPSA) is 69.1 Å². The molecule has 72 valence electrons. The first-order valence-electron chi connectivity index (χ1n) is 4.38. The van der Waals surface area contributed by atoms with E-state index in [9.17, 15) is 4.79 Å². The number of unbranched alkanes of at least 4 members (excludes halogenated alkanes) is 1. The predicted octanol–water partition coefficient (Wildman–Crippen LogP) is 1.56. The van der Waals surface area contributed by atoms with E-state index in [4.69, 9.17) is 10.2 Å². The van der Waals surface area contributed by atoms with Crippen molar-refractivity contribution in [2.24, 2.45) is 0 Å². The zero-order chi connectivity index (χ0) is 9.68. The lowest BCUT2D eigenvalue weighted by molar-refractivity contribution is -0.117. The number of ketones is 1. The van der Waals surface area contributed by atoms with Crippen LogP contribution < -0.4 is 5.73 Å². The number of hydrogen-bond donors (Lipinski definition) is 1. The largest absolute Gasteiger partial charge is 0.447 e. The van der Waals surface area contributed by atoms with Gasteiger partial charge in [-0.05, 0) is 19.8 Å². The standard InChI is InChI=1S/C9H14N2O2/c1-7(12)4-2-3-5-9-11-8(10)6-13-9/h6H,2-5,10H2,1H3. The van der Waals surface area contributed by atoms with Gasteiger partial charge >= 0.3 is 0 Å². The van der Waals surface area contributed by atoms with Gasteiger partial charge in [0.05, 0.1) is 0 Å². The molecule has 1 aromatic rings. The summed E-state index contributed by atoms with van der Waals surface area (Å²) in [5, 5.41) is 0. The zero-order valence-corrected chi connectivity index (χ0v) is 7.75. The highest BCUT2D eigenvalue weighted by Crippen LogP contribution is 2.07. The maximum atomic E-state index is 10.6. The van der Waals surface area contributed by atoms with Crippen molar-refractivity contribution in [1.29, 1.82) is 0 Å². The molecule has 0 aliphatic carbocycles. The molecule has 0 saturated carbocycles. The molecule has 4 nitrogen and oxygen atoms in total. The van der Waals surface area contributed by atoms with Crippen LogP contribution in [-0.4, -0.2) is 10.8 Å². The van der Waals surface area contributed by atoms with E-state index in [0.29, 0.717) is 18.1 Å². The number of Topliss-reactive ketones (excluding diaryl/α,β-unsaturated/α-hetero) is 1. The summed E-state index contributed by atoms with van der Waals surface area (Å²) in [6.45, 7) is 1.60. The van der Waals surface area contributed by atoms with E-state index in [0.717, 1.165) is 19.3 Å². The second-order valence-electron chi connectivity index (χ2n) is 3.08. The van der Waals surface area contributed by atoms with Crippen LogP contribution in [0.4, 0.5) is 5.82 Å². The van der Waals surface area contributed by atoms with E-state index in [-0.39, 0.29) is 5.78 Å². The van der Waals surface area contributed by atoms with Crippen molar-refractivity contribution in [3.63, 3.8) is 0 Å². The minimum atomic E-state index is 0.229. The van der Waals surface area contributed by atoms with Crippen molar-refractivity contribution < 1.29 is 9.21 Å². The van der Waals surface area contributed by atoms with Gasteiger partial charge in [0.2, 0.25) is 0 Å². The Hall–Kier alpha value is -1.32. The molecule has 0 unspecified atom stereocenters. The lowest BCUT2D eigenvalue weighted by Gasteiger charge is -1.94. The molecule has 0 saturated heterocycles. The van der Waals surface area contributed by atoms with Gasteiger partial charge in [-0.2, -0.15) is 4.98 Å². The Morgan fingerprint density at radius 3 is 2.92 bits per heavy atom. The zero-order valence-electron chi connectivity index (χ0n) is 7.75. The monoisotopic (exact) mass is 182 g/mol. The lowest BCUT2D eigenvalue weighted by Crippen LogP contribution is -1.92. The number of oxazole rings is 1. The van der Waals surface area contributed by atoms with Crippen LogP contribution in [0.25, 0.3) is 0 Å². The Labute approximate surface area is 77.1 Å². The van der Waals surface area contributed by atoms with Crippen LogP contribution in [0.2, 0.25) is 0 Å². The van der Waals surface area contributed by atoms with Crippen molar-refractivity contribution in [2.45, 2.75) is 32.6 Å². The highest BCUT2D eigenvalue weighted by molar-refractivity contribution is 5.75. The summed E-state index contributed by atoms with van der Waals surface area (Å²) in [5.41, 5.74) is 5.37. The van der Waals surface area contributed by atoms with Crippen LogP contribution in [-0.2, 0) is 11.2 Å². The molecule has 4 heteroatoms. The minimum absolute atomic E-state index is 0.229. The number of carbonyl (C=O) groups excluding carboxylic acids is 1. The Kier molecular flexibility index (Phi) is 3.49. The van der Waals surface area contributed by atoms with Gasteiger partial charge in [-0.3, -0.25) is 0 Å². The van der Waals surface area contributed by atoms with Gasteiger partial charge in [-0.15, -0.1) is 0 Å². The van der Waals surface area contributed by atoms with Gasteiger partial charge < -0.3 is 14.9 Å². The number of hydrogen-bond acceptors (Lipinski definition) is 4. The fraction of sp³-hybridized carbons (Fsp3) is 0.556. The van der Waals surface area contributed by atoms with Gasteiger partial charge in [0.1, 0.15) is 12.0 Å². The van der Waals surface area contributed by atoms with Crippen molar-refractivity contribution in [3.05, 3.63) is 12.2 Å². The van der Waals surface area contributed by atoms with Gasteiger partial charge in [-0.1, -0.05) is 0 Å². The fourth-order valence-corrected chi connectivity index (χ4v) is 1.09. The van der Waals surface area contributed by atoms with Crippen molar-refractivity contribution in [2.75, 3.05) is 5.73 Å². The molecule has 0 aromatic carbocycles. The number of aromatic nitrogens is 1. The smallest absolute Gasteiger partial charge is 0.196 e. The number of nitrogens with zero attached hydrogens (tertiary/aromatic N) is 1. The summed E-state index contributed by atoms with van der Waals surface area (Å²) < 4.78 is 5.05. The summed E-state index contributed by atoms with van der Waals surface area (Å²) in [4.78, 5) is 14.6. The predicted molar refractivity (Wildman–Crippen MR) is 49.2 cm³/mol. The molecule has 13 heavy (non-hydrogen) atoms. The average Bonchev–Trinajstić information content (AvgIpc) is 2.45. The summed E-state index contributed by atoms with van der Waals surface area (Å²) in [5.74, 6) is 1.30. The first-order valence-corrected chi connectivity index (χ1v) is 4.38. The van der Waals surface area contributed by atoms with E-state index in [1.807, 2.05) is 0 Å². The molecule has 0 radical (unpaired) electrons. The van der Waals surface area contributed by atoms with E-state index in [2.05, 4.69) is 4.98 Å². The quantitative estimate of drug-likeness (QED) is 0.701. The summed E-state index contributed by atoms with van der Waals surface area (Å²) in [7, 11) is 0. The number of nitrogen functional groups attached to an aromatic ring is 1. The summed E-state index contributed by atoms with van der Waals surface area (Å²) in [6.07, 6.45) is 4.62. The van der Waals surface area contributed by atoms with Crippen molar-refractivity contribution in [3.8, 4) is 0 Å². The normalized spacial score (nSPS) is 10.2. The second-order valence-corrected chi connectivity index (χ2v) is 3.08. The third-order valence-corrected chi connectivity index (χ3v) is 1.74. The minimum Gasteiger partial charge on any atom is -0.447 e. The fourth-order valence-electron chi connectivity index (χ4n) is 1.09. The van der Waals surface area contributed by atoms with Gasteiger partial charge in [-0.25, -0.2) is 0 Å². The highest BCUT2D eigenvalue weighted by Gasteiger charge is 2.01. The van der Waals surface area contributed by atoms with E-state index in [1.54, 1.807) is 6.92 Å². The average molecular weight is 182 g/mol. The number of anilines is 1. The maximum absolute atomic E-state index is 10.6. The lowest BCUT2D eigenvalue weighted by atomic mass is 10.1. The molecule has 0 amide bonds. The highest BCUT2D eigenvalue weighted by atomic mass is 16.3. The molecular formula is C9H14N2O2. The Morgan fingerprint density at radius 2 is 2.38 bits per heavy atom. The molecule has 0 atom stereocenters. The molecule has 0 aliphatic heterocycles. The Bertz CT molecular complexity index is 281. The van der Waals surface area contributed by atoms with E-state index < -0.39 is 0 Å². The molecule has 1 heterocycles. The molecule has 1 aromatic heterocycles. The number of nitrogens with two attached hydrogens (primary N) is 1. The van der Waals surface area contributed by atoms with Crippen LogP contribution in [0.3, 0.4) is 0 Å². The van der Waals surface area contributed by atoms with Crippen molar-refractivity contribution in [1.82, 2.24) is 4.98 Å². The molecule has 1 rings (SSSR count). The van der Waals surface area contributed by atoms with Crippen LogP contribution >= 0.6 is 0 Å². The maximum Gasteiger partial charge on any atom is 0.196 e. The van der Waals surface area contributed by atoms with Crippen LogP contribution in [0.5, 0.6) is 0 Å². The number of aryl methyl sites for hydroxylation is 1. The second kappa shape index (κ2) is 4.64. The molecule has 0 aliphatic rings. The first kappa shape index (κ1) is 9.77. The first-order chi connectivity index (χ1) is 6.18. The van der Waals surface area contributed by atoms with E-state index >= 15 is 0 Å². The summed E-state index contributed by atoms with van der Waals surface area (Å²) in [6, 6.07) is 0. The van der Waals surface area contributed by atoms with Crippen molar-refractivity contribution >= 4 is 11.6 Å². The van der Waals surface area contributed by atoms with Gasteiger partial charge in [0, 0.05) is 12.8 Å². The third-order valence-electron chi connectivity index (χ3n) is 1.74. The Morgan fingerprint density at radius 1 is 1.62 bits per heavy atom. The molecule has 2 N–H and O–H groups in total. The molecular weight excluding hydrogens is 168 g/mol. The van der Waals surface area contributed by atoms with Crippen LogP contribution in [0.15, 0.2) is 10.7 Å². The Balaban J connectivity index is 2.16. The van der Waals surface area contributed by atoms with E-state index in [1.165, 1.54) is 6.26 Å². The third kappa shape index (κ3) is 3.73. The van der Waals surface area contributed by atoms with Gasteiger partial charge in [0.25, 0.3) is 0 Å². The number of rotatable bonds is 5. The molecule has 0 bridgehead atoms. The summed E-state index contributed by atoms with van der Waals surface area (Å²) >= 11 is 0.